The van der Waals surface area contributed by atoms with Crippen LogP contribution >= 0.6 is 0 Å². The van der Waals surface area contributed by atoms with Crippen LogP contribution in [0.4, 0.5) is 0 Å². The van der Waals surface area contributed by atoms with E-state index in [4.69, 9.17) is 4.74 Å². The van der Waals surface area contributed by atoms with Gasteiger partial charge in [0.2, 0.25) is 0 Å². The number of rotatable bonds is 2. The molecule has 17 heavy (non-hydrogen) atoms. The van der Waals surface area contributed by atoms with E-state index in [0.717, 1.165) is 27.9 Å². The van der Waals surface area contributed by atoms with Crippen molar-refractivity contribution in [3.8, 4) is 16.9 Å². The smallest absolute Gasteiger partial charge is 0.144 e. The van der Waals surface area contributed by atoms with Gasteiger partial charge in [0.25, 0.3) is 0 Å². The van der Waals surface area contributed by atoms with Gasteiger partial charge in [-0.2, -0.15) is 5.10 Å². The van der Waals surface area contributed by atoms with Gasteiger partial charge in [-0.3, -0.25) is 4.68 Å². The standard InChI is InChI=1S/C12H12N4O/c1-16-6-8(5-15-16)9-3-4-10(17-2)12-11(9)13-7-14-12/h3-7H,1-2H3,(H,13,14). The van der Waals surface area contributed by atoms with Gasteiger partial charge in [-0.25, -0.2) is 4.98 Å². The zero-order chi connectivity index (χ0) is 11.8. The van der Waals surface area contributed by atoms with Crippen molar-refractivity contribution >= 4 is 11.0 Å². The Labute approximate surface area is 98.0 Å². The summed E-state index contributed by atoms with van der Waals surface area (Å²) in [7, 11) is 3.55. The molecule has 1 N–H and O–H groups in total. The highest BCUT2D eigenvalue weighted by Gasteiger charge is 2.11. The van der Waals surface area contributed by atoms with E-state index in [9.17, 15) is 0 Å². The third-order valence-electron chi connectivity index (χ3n) is 2.78. The Morgan fingerprint density at radius 2 is 2.24 bits per heavy atom. The number of H-pyrrole nitrogens is 1. The van der Waals surface area contributed by atoms with Crippen LogP contribution in [0.2, 0.25) is 0 Å². The molecule has 2 aromatic heterocycles. The lowest BCUT2D eigenvalue weighted by Crippen LogP contribution is -1.87. The number of aromatic amines is 1. The summed E-state index contributed by atoms with van der Waals surface area (Å²) >= 11 is 0. The SMILES string of the molecule is COc1ccc(-c2cnn(C)c2)c2nc[nH]c12. The van der Waals surface area contributed by atoms with Crippen LogP contribution in [0.3, 0.4) is 0 Å². The first-order chi connectivity index (χ1) is 8.29. The Morgan fingerprint density at radius 3 is 2.94 bits per heavy atom. The minimum Gasteiger partial charge on any atom is -0.494 e. The van der Waals surface area contributed by atoms with E-state index in [-0.39, 0.29) is 0 Å². The molecule has 5 heteroatoms. The summed E-state index contributed by atoms with van der Waals surface area (Å²) in [5.41, 5.74) is 3.91. The quantitative estimate of drug-likeness (QED) is 0.729. The average molecular weight is 228 g/mol. The molecular weight excluding hydrogens is 216 g/mol. The predicted octanol–water partition coefficient (Wildman–Crippen LogP) is 1.97. The molecule has 0 atom stereocenters. The van der Waals surface area contributed by atoms with E-state index < -0.39 is 0 Å². The summed E-state index contributed by atoms with van der Waals surface area (Å²) in [5, 5.41) is 4.17. The summed E-state index contributed by atoms with van der Waals surface area (Å²) < 4.78 is 7.07. The van der Waals surface area contributed by atoms with Crippen LogP contribution in [0.25, 0.3) is 22.2 Å². The van der Waals surface area contributed by atoms with Crippen LogP contribution in [-0.2, 0) is 7.05 Å². The Morgan fingerprint density at radius 1 is 1.35 bits per heavy atom. The molecule has 2 heterocycles. The minimum atomic E-state index is 0.796. The normalized spacial score (nSPS) is 10.9. The number of methoxy groups -OCH3 is 1. The van der Waals surface area contributed by atoms with Crippen LogP contribution in [0.1, 0.15) is 0 Å². The molecule has 1 aromatic carbocycles. The summed E-state index contributed by atoms with van der Waals surface area (Å²) in [5.74, 6) is 0.796. The van der Waals surface area contributed by atoms with E-state index >= 15 is 0 Å². The molecule has 0 saturated heterocycles. The number of ether oxygens (including phenoxy) is 1. The molecule has 86 valence electrons. The zero-order valence-corrected chi connectivity index (χ0v) is 9.64. The Kier molecular flexibility index (Phi) is 2.11. The number of imidazole rings is 1. The third-order valence-corrected chi connectivity index (χ3v) is 2.78. The number of benzene rings is 1. The first-order valence-electron chi connectivity index (χ1n) is 5.28. The molecule has 5 nitrogen and oxygen atoms in total. The highest BCUT2D eigenvalue weighted by molar-refractivity contribution is 5.94. The number of hydrogen-bond donors (Lipinski definition) is 1. The summed E-state index contributed by atoms with van der Waals surface area (Å²) in [6, 6.07) is 3.93. The summed E-state index contributed by atoms with van der Waals surface area (Å²) in [4.78, 5) is 7.43. The van der Waals surface area contributed by atoms with Crippen LogP contribution in [0.5, 0.6) is 5.75 Å². The van der Waals surface area contributed by atoms with Crippen molar-refractivity contribution in [3.63, 3.8) is 0 Å². The van der Waals surface area contributed by atoms with Crippen molar-refractivity contribution in [2.45, 2.75) is 0 Å². The largest absolute Gasteiger partial charge is 0.494 e. The van der Waals surface area contributed by atoms with Crippen LogP contribution < -0.4 is 4.74 Å². The molecule has 0 aliphatic carbocycles. The van der Waals surface area contributed by atoms with Gasteiger partial charge in [-0.15, -0.1) is 0 Å². The van der Waals surface area contributed by atoms with Gasteiger partial charge in [-0.05, 0) is 12.1 Å². The van der Waals surface area contributed by atoms with Gasteiger partial charge in [0, 0.05) is 24.4 Å². The van der Waals surface area contributed by atoms with Crippen LogP contribution in [-0.4, -0.2) is 26.9 Å². The second-order valence-corrected chi connectivity index (χ2v) is 3.84. The molecule has 0 radical (unpaired) electrons. The molecule has 0 bridgehead atoms. The minimum absolute atomic E-state index is 0.796. The second kappa shape index (κ2) is 3.62. The van der Waals surface area contributed by atoms with Crippen molar-refractivity contribution < 1.29 is 4.74 Å². The van der Waals surface area contributed by atoms with Gasteiger partial charge >= 0.3 is 0 Å². The summed E-state index contributed by atoms with van der Waals surface area (Å²) in [6.45, 7) is 0. The second-order valence-electron chi connectivity index (χ2n) is 3.84. The van der Waals surface area contributed by atoms with Crippen molar-refractivity contribution in [2.75, 3.05) is 7.11 Å². The average Bonchev–Trinajstić information content (AvgIpc) is 2.96. The predicted molar refractivity (Wildman–Crippen MR) is 64.8 cm³/mol. The maximum absolute atomic E-state index is 5.29. The van der Waals surface area contributed by atoms with Gasteiger partial charge in [-0.1, -0.05) is 0 Å². The van der Waals surface area contributed by atoms with Gasteiger partial charge in [0.1, 0.15) is 11.3 Å². The Balaban J connectivity index is 2.27. The van der Waals surface area contributed by atoms with E-state index in [2.05, 4.69) is 15.1 Å². The van der Waals surface area contributed by atoms with Gasteiger partial charge in [0.05, 0.1) is 25.2 Å². The topological polar surface area (TPSA) is 55.7 Å². The maximum Gasteiger partial charge on any atom is 0.144 e. The van der Waals surface area contributed by atoms with Crippen LogP contribution in [0.15, 0.2) is 30.9 Å². The molecule has 0 fully saturated rings. The molecule has 3 aromatic rings. The lowest BCUT2D eigenvalue weighted by atomic mass is 10.1. The molecular formula is C12H12N4O. The van der Waals surface area contributed by atoms with Crippen molar-refractivity contribution in [1.29, 1.82) is 0 Å². The van der Waals surface area contributed by atoms with Crippen molar-refractivity contribution in [3.05, 3.63) is 30.9 Å². The fourth-order valence-corrected chi connectivity index (χ4v) is 1.97. The lowest BCUT2D eigenvalue weighted by molar-refractivity contribution is 0.419. The first-order valence-corrected chi connectivity index (χ1v) is 5.28. The summed E-state index contributed by atoms with van der Waals surface area (Å²) in [6.07, 6.45) is 5.47. The number of nitrogens with zero attached hydrogens (tertiary/aromatic N) is 3. The fraction of sp³-hybridized carbons (Fsp3) is 0.167. The Hall–Kier alpha value is -2.30. The molecule has 0 aliphatic rings. The van der Waals surface area contributed by atoms with Gasteiger partial charge < -0.3 is 9.72 Å². The number of aromatic nitrogens is 4. The highest BCUT2D eigenvalue weighted by atomic mass is 16.5. The number of aryl methyl sites for hydroxylation is 1. The van der Waals surface area contributed by atoms with E-state index in [0.29, 0.717) is 0 Å². The first kappa shape index (κ1) is 9.89. The van der Waals surface area contributed by atoms with Crippen LogP contribution in [0, 0.1) is 0 Å². The van der Waals surface area contributed by atoms with E-state index in [1.165, 1.54) is 0 Å². The van der Waals surface area contributed by atoms with Crippen molar-refractivity contribution in [1.82, 2.24) is 19.7 Å². The molecule has 0 aliphatic heterocycles. The number of hydrogen-bond acceptors (Lipinski definition) is 3. The fourth-order valence-electron chi connectivity index (χ4n) is 1.97. The lowest BCUT2D eigenvalue weighted by Gasteiger charge is -2.04. The molecule has 0 spiro atoms. The molecule has 0 unspecified atom stereocenters. The molecule has 0 saturated carbocycles. The number of nitrogens with one attached hydrogen (secondary N) is 1. The Bertz CT molecular complexity index is 668. The van der Waals surface area contributed by atoms with E-state index in [1.807, 2.05) is 31.6 Å². The van der Waals surface area contributed by atoms with E-state index in [1.54, 1.807) is 18.1 Å². The molecule has 0 amide bonds. The maximum atomic E-state index is 5.29. The van der Waals surface area contributed by atoms with Crippen molar-refractivity contribution in [2.24, 2.45) is 7.05 Å². The number of fused-ring (bicyclic) bond motifs is 1. The third kappa shape index (κ3) is 1.47. The zero-order valence-electron chi connectivity index (χ0n) is 9.64. The monoisotopic (exact) mass is 228 g/mol. The highest BCUT2D eigenvalue weighted by Crippen LogP contribution is 2.31. The molecule has 3 rings (SSSR count). The van der Waals surface area contributed by atoms with Gasteiger partial charge in [0.15, 0.2) is 0 Å².